The van der Waals surface area contributed by atoms with Gasteiger partial charge in [-0.1, -0.05) is 65.4 Å². The van der Waals surface area contributed by atoms with Gasteiger partial charge < -0.3 is 4.84 Å². The molecule has 0 fully saturated rings. The van der Waals surface area contributed by atoms with Crippen molar-refractivity contribution in [1.29, 1.82) is 0 Å². The van der Waals surface area contributed by atoms with E-state index in [1.165, 1.54) is 0 Å². The van der Waals surface area contributed by atoms with Crippen LogP contribution in [0.4, 0.5) is 0 Å². The summed E-state index contributed by atoms with van der Waals surface area (Å²) in [4.78, 5) is 5.22. The molecule has 22 heavy (non-hydrogen) atoms. The second-order valence-electron chi connectivity index (χ2n) is 4.58. The van der Waals surface area contributed by atoms with Crippen LogP contribution in [0.2, 0.25) is 0 Å². The third-order valence-corrected chi connectivity index (χ3v) is 2.93. The van der Waals surface area contributed by atoms with E-state index in [2.05, 4.69) is 22.9 Å². The van der Waals surface area contributed by atoms with Crippen molar-refractivity contribution < 1.29 is 4.84 Å². The summed E-state index contributed by atoms with van der Waals surface area (Å²) >= 11 is 0. The first-order valence-electron chi connectivity index (χ1n) is 7.12. The SMILES string of the molecule is C#Cc1ccccc1C#CCC/C=N\OCc1ccccc1. The van der Waals surface area contributed by atoms with E-state index in [1.807, 2.05) is 54.6 Å². The van der Waals surface area contributed by atoms with E-state index in [1.54, 1.807) is 6.21 Å². The number of rotatable bonds is 5. The van der Waals surface area contributed by atoms with Crippen LogP contribution < -0.4 is 0 Å². The van der Waals surface area contributed by atoms with E-state index < -0.39 is 0 Å². The molecule has 0 saturated carbocycles. The van der Waals surface area contributed by atoms with Crippen LogP contribution in [0, 0.1) is 24.2 Å². The van der Waals surface area contributed by atoms with Crippen LogP contribution >= 0.6 is 0 Å². The van der Waals surface area contributed by atoms with Gasteiger partial charge in [-0.2, -0.15) is 0 Å². The van der Waals surface area contributed by atoms with Gasteiger partial charge >= 0.3 is 0 Å². The van der Waals surface area contributed by atoms with E-state index in [-0.39, 0.29) is 0 Å². The molecule has 0 radical (unpaired) electrons. The van der Waals surface area contributed by atoms with Crippen LogP contribution in [0.15, 0.2) is 59.8 Å². The Morgan fingerprint density at radius 3 is 2.50 bits per heavy atom. The summed E-state index contributed by atoms with van der Waals surface area (Å²) in [5.74, 6) is 8.81. The second kappa shape index (κ2) is 9.06. The first-order valence-corrected chi connectivity index (χ1v) is 7.12. The van der Waals surface area contributed by atoms with Crippen LogP contribution in [0.25, 0.3) is 0 Å². The zero-order valence-electron chi connectivity index (χ0n) is 12.3. The lowest BCUT2D eigenvalue weighted by Gasteiger charge is -1.98. The van der Waals surface area contributed by atoms with Crippen molar-refractivity contribution in [2.75, 3.05) is 0 Å². The Morgan fingerprint density at radius 2 is 1.73 bits per heavy atom. The summed E-state index contributed by atoms with van der Waals surface area (Å²) in [5.41, 5.74) is 2.82. The number of unbranched alkanes of at least 4 members (excludes halogenated alkanes) is 1. The molecular weight excluding hydrogens is 270 g/mol. The Kier molecular flexibility index (Phi) is 6.35. The number of terminal acetylenes is 1. The van der Waals surface area contributed by atoms with Crippen LogP contribution in [-0.2, 0) is 11.4 Å². The number of nitrogens with zero attached hydrogens (tertiary/aromatic N) is 1. The lowest BCUT2D eigenvalue weighted by Crippen LogP contribution is -1.86. The van der Waals surface area contributed by atoms with Gasteiger partial charge in [0, 0.05) is 23.8 Å². The molecule has 2 heteroatoms. The molecule has 0 unspecified atom stereocenters. The lowest BCUT2D eigenvalue weighted by molar-refractivity contribution is 0.131. The largest absolute Gasteiger partial charge is 0.391 e. The second-order valence-corrected chi connectivity index (χ2v) is 4.58. The molecule has 2 rings (SSSR count). The van der Waals surface area contributed by atoms with E-state index in [0.717, 1.165) is 29.5 Å². The molecule has 0 atom stereocenters. The third-order valence-electron chi connectivity index (χ3n) is 2.93. The average molecular weight is 287 g/mol. The quantitative estimate of drug-likeness (QED) is 0.352. The highest BCUT2D eigenvalue weighted by Gasteiger charge is 1.92. The summed E-state index contributed by atoms with van der Waals surface area (Å²) in [5, 5.41) is 3.92. The molecule has 2 nitrogen and oxygen atoms in total. The predicted octanol–water partition coefficient (Wildman–Crippen LogP) is 4.00. The topological polar surface area (TPSA) is 21.6 Å². The van der Waals surface area contributed by atoms with Crippen LogP contribution in [0.5, 0.6) is 0 Å². The van der Waals surface area contributed by atoms with E-state index in [9.17, 15) is 0 Å². The van der Waals surface area contributed by atoms with Crippen LogP contribution in [-0.4, -0.2) is 6.21 Å². The minimum Gasteiger partial charge on any atom is -0.391 e. The summed E-state index contributed by atoms with van der Waals surface area (Å²) < 4.78 is 0. The number of hydrogen-bond donors (Lipinski definition) is 0. The molecule has 0 aliphatic rings. The molecule has 0 bridgehead atoms. The molecule has 2 aromatic carbocycles. The van der Waals surface area contributed by atoms with Crippen molar-refractivity contribution in [2.24, 2.45) is 5.16 Å². The van der Waals surface area contributed by atoms with E-state index >= 15 is 0 Å². The standard InChI is InChI=1S/C20H17NO/c1-2-19-13-8-9-15-20(19)14-7-4-10-16-21-22-17-18-11-5-3-6-12-18/h1,3,5-6,8-9,11-13,15-16H,4,10,17H2/b21-16-. The van der Waals surface area contributed by atoms with Gasteiger partial charge in [0.1, 0.15) is 6.61 Å². The molecule has 0 heterocycles. The van der Waals surface area contributed by atoms with Gasteiger partial charge in [0.15, 0.2) is 0 Å². The summed E-state index contributed by atoms with van der Waals surface area (Å²) in [6.45, 7) is 0.485. The van der Waals surface area contributed by atoms with Crippen molar-refractivity contribution in [3.05, 3.63) is 71.3 Å². The van der Waals surface area contributed by atoms with Crippen molar-refractivity contribution in [3.63, 3.8) is 0 Å². The minimum atomic E-state index is 0.485. The predicted molar refractivity (Wildman–Crippen MR) is 90.2 cm³/mol. The van der Waals surface area contributed by atoms with Gasteiger partial charge in [0.2, 0.25) is 0 Å². The normalized spacial score (nSPS) is 9.77. The summed E-state index contributed by atoms with van der Waals surface area (Å²) in [6.07, 6.45) is 8.64. The molecule has 0 spiro atoms. The first kappa shape index (κ1) is 15.4. The molecule has 0 saturated heterocycles. The number of hydrogen-bond acceptors (Lipinski definition) is 2. The van der Waals surface area contributed by atoms with Gasteiger partial charge in [-0.15, -0.1) is 6.42 Å². The maximum absolute atomic E-state index is 5.43. The van der Waals surface area contributed by atoms with E-state index in [4.69, 9.17) is 11.3 Å². The molecule has 0 amide bonds. The summed E-state index contributed by atoms with van der Waals surface area (Å²) in [7, 11) is 0. The first-order chi connectivity index (χ1) is 10.9. The van der Waals surface area contributed by atoms with Gasteiger partial charge in [0.05, 0.1) is 0 Å². The van der Waals surface area contributed by atoms with Crippen molar-refractivity contribution in [3.8, 4) is 24.2 Å². The van der Waals surface area contributed by atoms with Crippen molar-refractivity contribution in [2.45, 2.75) is 19.4 Å². The molecule has 0 aromatic heterocycles. The molecule has 0 aliphatic carbocycles. The number of oxime groups is 1. The zero-order valence-corrected chi connectivity index (χ0v) is 12.3. The van der Waals surface area contributed by atoms with Gasteiger partial charge in [0.25, 0.3) is 0 Å². The fourth-order valence-corrected chi connectivity index (χ4v) is 1.80. The Bertz CT molecular complexity index is 715. The average Bonchev–Trinajstić information content (AvgIpc) is 2.58. The summed E-state index contributed by atoms with van der Waals surface area (Å²) in [6, 6.07) is 17.6. The van der Waals surface area contributed by atoms with Crippen LogP contribution in [0.1, 0.15) is 29.5 Å². The Hall–Kier alpha value is -2.97. The maximum Gasteiger partial charge on any atom is 0.142 e. The molecule has 108 valence electrons. The molecular formula is C20H17NO. The fraction of sp³-hybridized carbons (Fsp3) is 0.150. The van der Waals surface area contributed by atoms with Gasteiger partial charge in [-0.25, -0.2) is 0 Å². The lowest BCUT2D eigenvalue weighted by atomic mass is 10.1. The monoisotopic (exact) mass is 287 g/mol. The maximum atomic E-state index is 5.43. The molecule has 2 aromatic rings. The molecule has 0 aliphatic heterocycles. The smallest absolute Gasteiger partial charge is 0.142 e. The zero-order chi connectivity index (χ0) is 15.5. The highest BCUT2D eigenvalue weighted by molar-refractivity contribution is 5.57. The van der Waals surface area contributed by atoms with Crippen LogP contribution in [0.3, 0.4) is 0 Å². The Morgan fingerprint density at radius 1 is 1.00 bits per heavy atom. The number of benzene rings is 2. The Labute approximate surface area is 131 Å². The minimum absolute atomic E-state index is 0.485. The van der Waals surface area contributed by atoms with E-state index in [0.29, 0.717) is 6.61 Å². The molecule has 0 N–H and O–H groups in total. The Balaban J connectivity index is 1.70. The fourth-order valence-electron chi connectivity index (χ4n) is 1.80. The highest BCUT2D eigenvalue weighted by Crippen LogP contribution is 2.05. The van der Waals surface area contributed by atoms with Crippen molar-refractivity contribution >= 4 is 6.21 Å². The van der Waals surface area contributed by atoms with Gasteiger partial charge in [-0.3, -0.25) is 0 Å². The van der Waals surface area contributed by atoms with Gasteiger partial charge in [-0.05, 0) is 24.1 Å². The van der Waals surface area contributed by atoms with Crippen molar-refractivity contribution in [1.82, 2.24) is 0 Å². The highest BCUT2D eigenvalue weighted by atomic mass is 16.6. The third kappa shape index (κ3) is 5.19.